The van der Waals surface area contributed by atoms with Crippen molar-refractivity contribution in [3.8, 4) is 5.75 Å². The third-order valence-corrected chi connectivity index (χ3v) is 2.82. The van der Waals surface area contributed by atoms with Gasteiger partial charge in [-0.3, -0.25) is 0 Å². The highest BCUT2D eigenvalue weighted by atomic mass is 19.1. The average molecular weight is 306 g/mol. The molecule has 0 fully saturated rings. The molecule has 0 radical (unpaired) electrons. The van der Waals surface area contributed by atoms with E-state index < -0.39 is 23.4 Å². The van der Waals surface area contributed by atoms with Gasteiger partial charge in [-0.05, 0) is 30.7 Å². The fourth-order valence-corrected chi connectivity index (χ4v) is 1.76. The number of carbonyl (C=O) groups is 1. The van der Waals surface area contributed by atoms with Gasteiger partial charge in [-0.15, -0.1) is 0 Å². The summed E-state index contributed by atoms with van der Waals surface area (Å²) in [5.41, 5.74) is -0.458. The van der Waals surface area contributed by atoms with Gasteiger partial charge in [0, 0.05) is 6.54 Å². The first-order valence-electron chi connectivity index (χ1n) is 6.83. The molecule has 0 saturated carbocycles. The van der Waals surface area contributed by atoms with Crippen LogP contribution in [-0.4, -0.2) is 19.2 Å². The number of hydrogen-bond donors (Lipinski definition) is 2. The normalized spacial score (nSPS) is 10.1. The largest absolute Gasteiger partial charge is 0.494 e. The Morgan fingerprint density at radius 1 is 1.00 bits per heavy atom. The van der Waals surface area contributed by atoms with Crippen LogP contribution in [0.15, 0.2) is 48.5 Å². The quantitative estimate of drug-likeness (QED) is 0.802. The molecule has 0 heterocycles. The number of amides is 2. The molecule has 6 heteroatoms. The van der Waals surface area contributed by atoms with Gasteiger partial charge in [0.1, 0.15) is 23.1 Å². The summed E-state index contributed by atoms with van der Waals surface area (Å²) in [6.07, 6.45) is 0.571. The number of benzene rings is 2. The lowest BCUT2D eigenvalue weighted by Crippen LogP contribution is -2.31. The first-order chi connectivity index (χ1) is 10.7. The summed E-state index contributed by atoms with van der Waals surface area (Å²) in [7, 11) is 0. The number of rotatable bonds is 6. The highest BCUT2D eigenvalue weighted by Gasteiger charge is 2.11. The minimum atomic E-state index is -0.817. The highest BCUT2D eigenvalue weighted by Crippen LogP contribution is 2.17. The van der Waals surface area contributed by atoms with Gasteiger partial charge in [0.05, 0.1) is 6.61 Å². The number of ether oxygens (including phenoxy) is 1. The van der Waals surface area contributed by atoms with Crippen molar-refractivity contribution < 1.29 is 18.3 Å². The Labute approximate surface area is 127 Å². The van der Waals surface area contributed by atoms with E-state index >= 15 is 0 Å². The maximum Gasteiger partial charge on any atom is 0.319 e. The molecular formula is C16H16F2N2O2. The molecule has 4 nitrogen and oxygen atoms in total. The number of carbonyl (C=O) groups excluding carboxylic acids is 1. The first kappa shape index (κ1) is 15.8. The average Bonchev–Trinajstić information content (AvgIpc) is 2.52. The van der Waals surface area contributed by atoms with Gasteiger partial charge in [-0.2, -0.15) is 0 Å². The molecule has 22 heavy (non-hydrogen) atoms. The standard InChI is InChI=1S/C16H16F2N2O2/c17-13-8-4-9-14(18)15(13)20-16(21)19-10-5-11-22-12-6-2-1-3-7-12/h1-4,6-9H,5,10-11H2,(H2,19,20,21). The Morgan fingerprint density at radius 2 is 1.68 bits per heavy atom. The van der Waals surface area contributed by atoms with Crippen LogP contribution in [0.2, 0.25) is 0 Å². The third kappa shape index (κ3) is 4.73. The second-order valence-electron chi connectivity index (χ2n) is 4.49. The van der Waals surface area contributed by atoms with E-state index in [-0.39, 0.29) is 0 Å². The van der Waals surface area contributed by atoms with Crippen molar-refractivity contribution in [1.29, 1.82) is 0 Å². The Kier molecular flexibility index (Phi) is 5.71. The van der Waals surface area contributed by atoms with E-state index in [1.54, 1.807) is 0 Å². The van der Waals surface area contributed by atoms with Crippen molar-refractivity contribution in [3.05, 3.63) is 60.2 Å². The number of nitrogens with one attached hydrogen (secondary N) is 2. The van der Waals surface area contributed by atoms with Crippen molar-refractivity contribution >= 4 is 11.7 Å². The second-order valence-corrected chi connectivity index (χ2v) is 4.49. The van der Waals surface area contributed by atoms with Crippen molar-refractivity contribution in [1.82, 2.24) is 5.32 Å². The fraction of sp³-hybridized carbons (Fsp3) is 0.188. The second kappa shape index (κ2) is 7.97. The van der Waals surface area contributed by atoms with Crippen molar-refractivity contribution in [2.24, 2.45) is 0 Å². The molecular weight excluding hydrogens is 290 g/mol. The van der Waals surface area contributed by atoms with Crippen LogP contribution in [0.5, 0.6) is 5.75 Å². The summed E-state index contributed by atoms with van der Waals surface area (Å²) in [6.45, 7) is 0.757. The molecule has 2 amide bonds. The fourth-order valence-electron chi connectivity index (χ4n) is 1.76. The lowest BCUT2D eigenvalue weighted by atomic mass is 10.3. The minimum Gasteiger partial charge on any atom is -0.494 e. The van der Waals surface area contributed by atoms with Crippen LogP contribution in [0.3, 0.4) is 0 Å². The number of para-hydroxylation sites is 2. The Morgan fingerprint density at radius 3 is 2.36 bits per heavy atom. The maximum atomic E-state index is 13.3. The molecule has 0 spiro atoms. The van der Waals surface area contributed by atoms with Crippen LogP contribution in [0.1, 0.15) is 6.42 Å². The molecule has 2 aromatic carbocycles. The molecule has 0 aliphatic rings. The topological polar surface area (TPSA) is 50.4 Å². The number of urea groups is 1. The monoisotopic (exact) mass is 306 g/mol. The predicted octanol–water partition coefficient (Wildman–Crippen LogP) is 3.56. The van der Waals surface area contributed by atoms with Gasteiger partial charge in [-0.25, -0.2) is 13.6 Å². The first-order valence-corrected chi connectivity index (χ1v) is 6.83. The zero-order valence-corrected chi connectivity index (χ0v) is 11.8. The summed E-state index contributed by atoms with van der Waals surface area (Å²) < 4.78 is 32.1. The Bertz CT molecular complexity index is 601. The maximum absolute atomic E-state index is 13.3. The van der Waals surface area contributed by atoms with E-state index in [0.29, 0.717) is 19.6 Å². The molecule has 0 aliphatic carbocycles. The van der Waals surface area contributed by atoms with Crippen LogP contribution < -0.4 is 15.4 Å². The summed E-state index contributed by atoms with van der Waals surface area (Å²) in [5.74, 6) is -0.884. The van der Waals surface area contributed by atoms with Crippen LogP contribution in [0.4, 0.5) is 19.3 Å². The van der Waals surface area contributed by atoms with Crippen LogP contribution in [-0.2, 0) is 0 Å². The molecule has 0 saturated heterocycles. The number of hydrogen-bond acceptors (Lipinski definition) is 2. The van der Waals surface area contributed by atoms with Crippen molar-refractivity contribution in [2.45, 2.75) is 6.42 Å². The van der Waals surface area contributed by atoms with E-state index in [1.165, 1.54) is 6.07 Å². The predicted molar refractivity (Wildman–Crippen MR) is 79.9 cm³/mol. The molecule has 116 valence electrons. The van der Waals surface area contributed by atoms with Gasteiger partial charge in [0.15, 0.2) is 0 Å². The molecule has 0 bridgehead atoms. The molecule has 2 aromatic rings. The van der Waals surface area contributed by atoms with Crippen LogP contribution >= 0.6 is 0 Å². The molecule has 2 N–H and O–H groups in total. The summed E-state index contributed by atoms with van der Waals surface area (Å²) in [6, 6.07) is 12.0. The van der Waals surface area contributed by atoms with Gasteiger partial charge >= 0.3 is 6.03 Å². The summed E-state index contributed by atoms with van der Waals surface area (Å²) in [4.78, 5) is 11.6. The summed E-state index contributed by atoms with van der Waals surface area (Å²) in [5, 5.41) is 4.65. The van der Waals surface area contributed by atoms with E-state index in [4.69, 9.17) is 4.74 Å². The zero-order valence-electron chi connectivity index (χ0n) is 11.8. The number of anilines is 1. The van der Waals surface area contributed by atoms with Crippen molar-refractivity contribution in [2.75, 3.05) is 18.5 Å². The zero-order chi connectivity index (χ0) is 15.8. The molecule has 0 aromatic heterocycles. The lowest BCUT2D eigenvalue weighted by Gasteiger charge is -2.09. The Hall–Kier alpha value is -2.63. The SMILES string of the molecule is O=C(NCCCOc1ccccc1)Nc1c(F)cccc1F. The van der Waals surface area contributed by atoms with Gasteiger partial charge in [0.25, 0.3) is 0 Å². The van der Waals surface area contributed by atoms with Crippen molar-refractivity contribution in [3.63, 3.8) is 0 Å². The van der Waals surface area contributed by atoms with Crippen LogP contribution in [0.25, 0.3) is 0 Å². The van der Waals surface area contributed by atoms with E-state index in [9.17, 15) is 13.6 Å². The van der Waals surface area contributed by atoms with Gasteiger partial charge in [0.2, 0.25) is 0 Å². The van der Waals surface area contributed by atoms with E-state index in [0.717, 1.165) is 17.9 Å². The Balaban J connectivity index is 1.68. The minimum absolute atomic E-state index is 0.328. The van der Waals surface area contributed by atoms with Crippen LogP contribution in [0, 0.1) is 11.6 Å². The van der Waals surface area contributed by atoms with E-state index in [2.05, 4.69) is 10.6 Å². The smallest absolute Gasteiger partial charge is 0.319 e. The lowest BCUT2D eigenvalue weighted by molar-refractivity contribution is 0.250. The van der Waals surface area contributed by atoms with Gasteiger partial charge in [-0.1, -0.05) is 24.3 Å². The highest BCUT2D eigenvalue weighted by molar-refractivity contribution is 5.89. The molecule has 0 aliphatic heterocycles. The third-order valence-electron chi connectivity index (χ3n) is 2.82. The summed E-state index contributed by atoms with van der Waals surface area (Å²) >= 11 is 0. The van der Waals surface area contributed by atoms with E-state index in [1.807, 2.05) is 30.3 Å². The molecule has 2 rings (SSSR count). The molecule has 0 unspecified atom stereocenters. The molecule has 0 atom stereocenters. The van der Waals surface area contributed by atoms with Gasteiger partial charge < -0.3 is 15.4 Å². The number of halogens is 2.